The molecule has 1 rings (SSSR count). The van der Waals surface area contributed by atoms with Crippen molar-refractivity contribution in [1.29, 1.82) is 0 Å². The first-order chi connectivity index (χ1) is 9.77. The maximum Gasteiger partial charge on any atom is 0.171 e. The van der Waals surface area contributed by atoms with Gasteiger partial charge in [-0.3, -0.25) is 0 Å². The molecule has 4 nitrogen and oxygen atoms in total. The lowest BCUT2D eigenvalue weighted by atomic mass is 9.86. The summed E-state index contributed by atoms with van der Waals surface area (Å²) in [4.78, 5) is 4.51. The van der Waals surface area contributed by atoms with Crippen LogP contribution in [-0.2, 0) is 15.7 Å². The molecule has 122 valence electrons. The van der Waals surface area contributed by atoms with E-state index in [1.54, 1.807) is 0 Å². The molecule has 0 fully saturated rings. The maximum absolute atomic E-state index is 6.35. The Morgan fingerprint density at radius 3 is 2.52 bits per heavy atom. The van der Waals surface area contributed by atoms with E-state index in [1.807, 2.05) is 13.3 Å². The SMILES string of the molecule is CCOCCCn1cnc(C)c1C(O[SiH](C)C)C(C)(C)C. The molecule has 0 N–H and O–H groups in total. The Labute approximate surface area is 131 Å². The van der Waals surface area contributed by atoms with Gasteiger partial charge in [0.05, 0.1) is 23.8 Å². The van der Waals surface area contributed by atoms with Gasteiger partial charge in [0, 0.05) is 19.8 Å². The highest BCUT2D eigenvalue weighted by molar-refractivity contribution is 6.48. The first-order valence-electron chi connectivity index (χ1n) is 8.02. The van der Waals surface area contributed by atoms with Crippen molar-refractivity contribution in [3.8, 4) is 0 Å². The van der Waals surface area contributed by atoms with E-state index >= 15 is 0 Å². The summed E-state index contributed by atoms with van der Waals surface area (Å²) in [7, 11) is -1.12. The Bertz CT molecular complexity index is 424. The van der Waals surface area contributed by atoms with Crippen LogP contribution in [-0.4, -0.2) is 31.8 Å². The fraction of sp³-hybridized carbons (Fsp3) is 0.812. The maximum atomic E-state index is 6.35. The third kappa shape index (κ3) is 5.56. The lowest BCUT2D eigenvalue weighted by Gasteiger charge is -2.33. The van der Waals surface area contributed by atoms with Crippen LogP contribution in [0.4, 0.5) is 0 Å². The lowest BCUT2D eigenvalue weighted by Crippen LogP contribution is -2.28. The van der Waals surface area contributed by atoms with Crippen LogP contribution >= 0.6 is 0 Å². The molecule has 1 heterocycles. The Kier molecular flexibility index (Phi) is 7.10. The zero-order valence-corrected chi connectivity index (χ0v) is 15.9. The molecule has 0 amide bonds. The van der Waals surface area contributed by atoms with Crippen molar-refractivity contribution in [1.82, 2.24) is 9.55 Å². The molecular formula is C16H32N2O2Si. The normalized spacial score (nSPS) is 13.9. The monoisotopic (exact) mass is 312 g/mol. The van der Waals surface area contributed by atoms with Crippen molar-refractivity contribution in [2.24, 2.45) is 5.41 Å². The zero-order chi connectivity index (χ0) is 16.0. The van der Waals surface area contributed by atoms with E-state index in [9.17, 15) is 0 Å². The summed E-state index contributed by atoms with van der Waals surface area (Å²) in [6, 6.07) is 0. The van der Waals surface area contributed by atoms with Gasteiger partial charge in [0.1, 0.15) is 0 Å². The number of imidazole rings is 1. The van der Waals surface area contributed by atoms with Crippen LogP contribution in [0.2, 0.25) is 13.1 Å². The van der Waals surface area contributed by atoms with Crippen LogP contribution in [0.25, 0.3) is 0 Å². The van der Waals surface area contributed by atoms with Gasteiger partial charge < -0.3 is 13.7 Å². The molecule has 0 bridgehead atoms. The number of hydrogen-bond donors (Lipinski definition) is 0. The fourth-order valence-electron chi connectivity index (χ4n) is 2.44. The molecule has 0 aliphatic carbocycles. The van der Waals surface area contributed by atoms with Crippen LogP contribution in [0.15, 0.2) is 6.33 Å². The van der Waals surface area contributed by atoms with Gasteiger partial charge in [0.25, 0.3) is 0 Å². The second-order valence-electron chi connectivity index (χ2n) is 6.89. The molecule has 1 unspecified atom stereocenters. The molecule has 1 atom stereocenters. The van der Waals surface area contributed by atoms with Gasteiger partial charge in [0.15, 0.2) is 9.04 Å². The van der Waals surface area contributed by atoms with E-state index in [4.69, 9.17) is 9.16 Å². The molecule has 0 aliphatic heterocycles. The minimum Gasteiger partial charge on any atom is -0.412 e. The van der Waals surface area contributed by atoms with Crippen LogP contribution in [0.1, 0.15) is 51.6 Å². The van der Waals surface area contributed by atoms with Gasteiger partial charge in [-0.1, -0.05) is 20.8 Å². The summed E-state index contributed by atoms with van der Waals surface area (Å²) >= 11 is 0. The molecule has 5 heteroatoms. The first kappa shape index (κ1) is 18.4. The van der Waals surface area contributed by atoms with Gasteiger partial charge in [-0.05, 0) is 38.8 Å². The largest absolute Gasteiger partial charge is 0.412 e. The summed E-state index contributed by atoms with van der Waals surface area (Å²) in [5.74, 6) is 0. The Morgan fingerprint density at radius 1 is 1.33 bits per heavy atom. The minimum absolute atomic E-state index is 0.0692. The van der Waals surface area contributed by atoms with Gasteiger partial charge in [-0.2, -0.15) is 0 Å². The van der Waals surface area contributed by atoms with Crippen molar-refractivity contribution in [3.05, 3.63) is 17.7 Å². The fourth-order valence-corrected chi connectivity index (χ4v) is 3.52. The van der Waals surface area contributed by atoms with Gasteiger partial charge in [-0.25, -0.2) is 4.98 Å². The van der Waals surface area contributed by atoms with Crippen molar-refractivity contribution < 1.29 is 9.16 Å². The smallest absolute Gasteiger partial charge is 0.171 e. The summed E-state index contributed by atoms with van der Waals surface area (Å²) < 4.78 is 14.0. The van der Waals surface area contributed by atoms with Crippen molar-refractivity contribution in [2.45, 2.75) is 66.8 Å². The van der Waals surface area contributed by atoms with Gasteiger partial charge >= 0.3 is 0 Å². The second-order valence-corrected chi connectivity index (χ2v) is 9.26. The van der Waals surface area contributed by atoms with E-state index in [-0.39, 0.29) is 11.5 Å². The first-order valence-corrected chi connectivity index (χ1v) is 10.8. The quantitative estimate of drug-likeness (QED) is 0.542. The van der Waals surface area contributed by atoms with Crippen LogP contribution < -0.4 is 0 Å². The van der Waals surface area contributed by atoms with E-state index in [1.165, 1.54) is 5.69 Å². The summed E-state index contributed by atoms with van der Waals surface area (Å²) in [6.07, 6.45) is 3.06. The number of hydrogen-bond acceptors (Lipinski definition) is 3. The molecule has 0 aromatic carbocycles. The number of aromatic nitrogens is 2. The average molecular weight is 313 g/mol. The van der Waals surface area contributed by atoms with Crippen molar-refractivity contribution >= 4 is 9.04 Å². The summed E-state index contributed by atoms with van der Waals surface area (Å²) in [5, 5.41) is 0. The standard InChI is InChI=1S/C16H32N2O2Si/c1-8-19-11-9-10-18-12-17-13(2)14(18)15(16(3,4)5)20-21(6)7/h12,15,21H,8-11H2,1-7H3. The Morgan fingerprint density at radius 2 is 2.00 bits per heavy atom. The molecule has 0 saturated carbocycles. The third-order valence-electron chi connectivity index (χ3n) is 3.41. The van der Waals surface area contributed by atoms with E-state index < -0.39 is 9.04 Å². The summed E-state index contributed by atoms with van der Waals surface area (Å²) in [5.41, 5.74) is 2.39. The third-order valence-corrected chi connectivity index (χ3v) is 4.22. The van der Waals surface area contributed by atoms with Crippen LogP contribution in [0.3, 0.4) is 0 Å². The number of aryl methyl sites for hydroxylation is 2. The predicted molar refractivity (Wildman–Crippen MR) is 90.2 cm³/mol. The summed E-state index contributed by atoms with van der Waals surface area (Å²) in [6.45, 7) is 17.8. The van der Waals surface area contributed by atoms with Gasteiger partial charge in [-0.15, -0.1) is 0 Å². The van der Waals surface area contributed by atoms with Crippen molar-refractivity contribution in [2.75, 3.05) is 13.2 Å². The number of ether oxygens (including phenoxy) is 1. The van der Waals surface area contributed by atoms with E-state index in [0.717, 1.165) is 31.9 Å². The number of rotatable bonds is 8. The Hall–Kier alpha value is -0.653. The average Bonchev–Trinajstić information content (AvgIpc) is 2.71. The van der Waals surface area contributed by atoms with Gasteiger partial charge in [0.2, 0.25) is 0 Å². The van der Waals surface area contributed by atoms with E-state index in [2.05, 4.69) is 50.3 Å². The second kappa shape index (κ2) is 8.10. The molecule has 1 aromatic rings. The number of nitrogens with zero attached hydrogens (tertiary/aromatic N) is 2. The molecule has 21 heavy (non-hydrogen) atoms. The van der Waals surface area contributed by atoms with Crippen molar-refractivity contribution in [3.63, 3.8) is 0 Å². The molecule has 0 radical (unpaired) electrons. The lowest BCUT2D eigenvalue weighted by molar-refractivity contribution is 0.0775. The van der Waals surface area contributed by atoms with E-state index in [0.29, 0.717) is 0 Å². The highest BCUT2D eigenvalue weighted by atomic mass is 28.3. The molecular weight excluding hydrogens is 280 g/mol. The van der Waals surface area contributed by atoms with Crippen LogP contribution in [0, 0.1) is 12.3 Å². The molecule has 0 aliphatic rings. The zero-order valence-electron chi connectivity index (χ0n) is 14.8. The highest BCUT2D eigenvalue weighted by Gasteiger charge is 2.32. The molecule has 0 saturated heterocycles. The topological polar surface area (TPSA) is 36.3 Å². The molecule has 1 aromatic heterocycles. The Balaban J connectivity index is 2.94. The predicted octanol–water partition coefficient (Wildman–Crippen LogP) is 3.71. The molecule has 0 spiro atoms. The minimum atomic E-state index is -1.12. The highest BCUT2D eigenvalue weighted by Crippen LogP contribution is 2.37. The van der Waals surface area contributed by atoms with Crippen LogP contribution in [0.5, 0.6) is 0 Å².